The standard InChI is InChI=1S/C19H21Cl2N3O5S2/c20-15-5-8-17(21)18(10-15)31(28,29)24-9-1-2-14(12-24)19(25)23-11-13-3-6-16(7-4-13)30(22,26)27/h3-8,10,14H,1-2,9,11-12H2,(H,23,25)(H2,22,26,27)/t14-/m0/s1. The number of hydrogen-bond acceptors (Lipinski definition) is 5. The average molecular weight is 506 g/mol. The lowest BCUT2D eigenvalue weighted by molar-refractivity contribution is -0.126. The molecule has 2 aromatic carbocycles. The zero-order valence-corrected chi connectivity index (χ0v) is 19.4. The number of nitrogens with one attached hydrogen (secondary N) is 1. The molecule has 3 N–H and O–H groups in total. The first-order chi connectivity index (χ1) is 14.5. The number of piperidine rings is 1. The summed E-state index contributed by atoms with van der Waals surface area (Å²) in [6, 6.07) is 10.1. The van der Waals surface area contributed by atoms with Crippen molar-refractivity contribution in [3.05, 3.63) is 58.1 Å². The molecule has 0 spiro atoms. The van der Waals surface area contributed by atoms with Gasteiger partial charge in [0.2, 0.25) is 26.0 Å². The molecule has 3 rings (SSSR count). The average Bonchev–Trinajstić information content (AvgIpc) is 2.73. The summed E-state index contributed by atoms with van der Waals surface area (Å²) in [7, 11) is -7.68. The number of carbonyl (C=O) groups is 1. The highest BCUT2D eigenvalue weighted by atomic mass is 35.5. The van der Waals surface area contributed by atoms with Crippen LogP contribution in [0.1, 0.15) is 18.4 Å². The second-order valence-electron chi connectivity index (χ2n) is 7.18. The molecule has 0 radical (unpaired) electrons. The fourth-order valence-electron chi connectivity index (χ4n) is 3.32. The van der Waals surface area contributed by atoms with Crippen LogP contribution in [0, 0.1) is 5.92 Å². The Morgan fingerprint density at radius 1 is 1.10 bits per heavy atom. The summed E-state index contributed by atoms with van der Waals surface area (Å²) >= 11 is 12.0. The first kappa shape index (κ1) is 24.0. The van der Waals surface area contributed by atoms with Gasteiger partial charge in [0.1, 0.15) is 4.90 Å². The van der Waals surface area contributed by atoms with Crippen molar-refractivity contribution in [2.45, 2.75) is 29.2 Å². The van der Waals surface area contributed by atoms with E-state index in [9.17, 15) is 21.6 Å². The number of hydrogen-bond donors (Lipinski definition) is 2. The number of nitrogens with zero attached hydrogens (tertiary/aromatic N) is 1. The molecule has 8 nitrogen and oxygen atoms in total. The number of nitrogens with two attached hydrogens (primary N) is 1. The molecule has 168 valence electrons. The van der Waals surface area contributed by atoms with Crippen LogP contribution in [-0.4, -0.2) is 40.1 Å². The highest BCUT2D eigenvalue weighted by Gasteiger charge is 2.34. The van der Waals surface area contributed by atoms with Crippen molar-refractivity contribution in [1.29, 1.82) is 0 Å². The number of sulfonamides is 2. The molecule has 1 aliphatic heterocycles. The van der Waals surface area contributed by atoms with E-state index in [0.717, 1.165) is 0 Å². The molecule has 1 atom stereocenters. The Morgan fingerprint density at radius 3 is 2.42 bits per heavy atom. The van der Waals surface area contributed by atoms with Crippen LogP contribution in [0.25, 0.3) is 0 Å². The Kier molecular flexibility index (Phi) is 7.29. The van der Waals surface area contributed by atoms with E-state index >= 15 is 0 Å². The summed E-state index contributed by atoms with van der Waals surface area (Å²) in [6.45, 7) is 0.485. The molecule has 1 amide bonds. The van der Waals surface area contributed by atoms with Crippen LogP contribution in [-0.2, 0) is 31.4 Å². The predicted octanol–water partition coefficient (Wildman–Crippen LogP) is 2.36. The lowest BCUT2D eigenvalue weighted by atomic mass is 9.99. The number of primary sulfonamides is 1. The fourth-order valence-corrected chi connectivity index (χ4v) is 6.10. The van der Waals surface area contributed by atoms with Crippen molar-refractivity contribution in [1.82, 2.24) is 9.62 Å². The van der Waals surface area contributed by atoms with E-state index in [0.29, 0.717) is 18.4 Å². The maximum absolute atomic E-state index is 13.0. The van der Waals surface area contributed by atoms with Gasteiger partial charge in [0, 0.05) is 24.7 Å². The molecule has 0 saturated carbocycles. The quantitative estimate of drug-likeness (QED) is 0.622. The summed E-state index contributed by atoms with van der Waals surface area (Å²) in [5.74, 6) is -0.808. The van der Waals surface area contributed by atoms with Gasteiger partial charge in [0.25, 0.3) is 0 Å². The Labute approximate surface area is 191 Å². The van der Waals surface area contributed by atoms with Gasteiger partial charge in [-0.25, -0.2) is 22.0 Å². The van der Waals surface area contributed by atoms with Gasteiger partial charge < -0.3 is 5.32 Å². The molecule has 0 aliphatic carbocycles. The molecule has 1 fully saturated rings. The molecule has 1 aliphatic rings. The van der Waals surface area contributed by atoms with Gasteiger partial charge in [-0.1, -0.05) is 35.3 Å². The number of halogens is 2. The van der Waals surface area contributed by atoms with E-state index in [1.54, 1.807) is 12.1 Å². The maximum atomic E-state index is 13.0. The van der Waals surface area contributed by atoms with Crippen LogP contribution in [0.15, 0.2) is 52.3 Å². The Hall–Kier alpha value is -1.69. The minimum Gasteiger partial charge on any atom is -0.352 e. The maximum Gasteiger partial charge on any atom is 0.244 e. The third-order valence-electron chi connectivity index (χ3n) is 4.98. The highest BCUT2D eigenvalue weighted by molar-refractivity contribution is 7.89. The monoisotopic (exact) mass is 505 g/mol. The molecule has 1 saturated heterocycles. The Bertz CT molecular complexity index is 1190. The first-order valence-electron chi connectivity index (χ1n) is 9.33. The second-order valence-corrected chi connectivity index (χ2v) is 11.5. The lowest BCUT2D eigenvalue weighted by Gasteiger charge is -2.31. The normalized spacial score (nSPS) is 18.0. The van der Waals surface area contributed by atoms with Crippen molar-refractivity contribution in [2.24, 2.45) is 11.1 Å². The van der Waals surface area contributed by atoms with Crippen molar-refractivity contribution in [2.75, 3.05) is 13.1 Å². The van der Waals surface area contributed by atoms with E-state index in [1.807, 2.05) is 0 Å². The topological polar surface area (TPSA) is 127 Å². The zero-order valence-electron chi connectivity index (χ0n) is 16.3. The van der Waals surface area contributed by atoms with E-state index < -0.39 is 26.0 Å². The van der Waals surface area contributed by atoms with Crippen LogP contribution in [0.3, 0.4) is 0 Å². The van der Waals surface area contributed by atoms with E-state index in [2.05, 4.69) is 5.32 Å². The molecular formula is C19H21Cl2N3O5S2. The Morgan fingerprint density at radius 2 is 1.77 bits per heavy atom. The van der Waals surface area contributed by atoms with Crippen molar-refractivity contribution in [3.8, 4) is 0 Å². The third-order valence-corrected chi connectivity index (χ3v) is 8.50. The molecule has 0 bridgehead atoms. The van der Waals surface area contributed by atoms with Gasteiger partial charge in [-0.2, -0.15) is 4.31 Å². The second kappa shape index (κ2) is 9.43. The van der Waals surface area contributed by atoms with Crippen molar-refractivity contribution < 1.29 is 21.6 Å². The Balaban J connectivity index is 1.66. The van der Waals surface area contributed by atoms with Crippen molar-refractivity contribution in [3.63, 3.8) is 0 Å². The van der Waals surface area contributed by atoms with Crippen molar-refractivity contribution >= 4 is 49.2 Å². The molecule has 31 heavy (non-hydrogen) atoms. The number of benzene rings is 2. The number of rotatable bonds is 6. The molecule has 0 unspecified atom stereocenters. The summed E-state index contributed by atoms with van der Waals surface area (Å²) < 4.78 is 49.9. The van der Waals surface area contributed by atoms with Gasteiger partial charge >= 0.3 is 0 Å². The van der Waals surface area contributed by atoms with Crippen LogP contribution in [0.5, 0.6) is 0 Å². The smallest absolute Gasteiger partial charge is 0.244 e. The summed E-state index contributed by atoms with van der Waals surface area (Å²) in [5, 5.41) is 8.16. The summed E-state index contributed by atoms with van der Waals surface area (Å²) in [6.07, 6.45) is 1.07. The predicted molar refractivity (Wildman–Crippen MR) is 118 cm³/mol. The molecular weight excluding hydrogens is 485 g/mol. The van der Waals surface area contributed by atoms with E-state index in [-0.39, 0.29) is 45.4 Å². The summed E-state index contributed by atoms with van der Waals surface area (Å²) in [5.41, 5.74) is 0.687. The van der Waals surface area contributed by atoms with Gasteiger partial charge in [0.05, 0.1) is 15.8 Å². The summed E-state index contributed by atoms with van der Waals surface area (Å²) in [4.78, 5) is 12.5. The highest BCUT2D eigenvalue weighted by Crippen LogP contribution is 2.30. The van der Waals surface area contributed by atoms with Gasteiger partial charge in [0.15, 0.2) is 0 Å². The van der Waals surface area contributed by atoms with Gasteiger partial charge in [-0.15, -0.1) is 0 Å². The van der Waals surface area contributed by atoms with Crippen LogP contribution < -0.4 is 10.5 Å². The van der Waals surface area contributed by atoms with Gasteiger partial charge in [-0.05, 0) is 48.7 Å². The van der Waals surface area contributed by atoms with Gasteiger partial charge in [-0.3, -0.25) is 4.79 Å². The molecule has 1 heterocycles. The van der Waals surface area contributed by atoms with E-state index in [1.165, 1.54) is 34.6 Å². The number of carbonyl (C=O) groups excluding carboxylic acids is 1. The van der Waals surface area contributed by atoms with Crippen LogP contribution in [0.4, 0.5) is 0 Å². The van der Waals surface area contributed by atoms with Crippen LogP contribution in [0.2, 0.25) is 10.0 Å². The molecule has 0 aromatic heterocycles. The lowest BCUT2D eigenvalue weighted by Crippen LogP contribution is -2.45. The minimum absolute atomic E-state index is 0.0182. The van der Waals surface area contributed by atoms with Crippen LogP contribution >= 0.6 is 23.2 Å². The fraction of sp³-hybridized carbons (Fsp3) is 0.316. The van der Waals surface area contributed by atoms with E-state index in [4.69, 9.17) is 28.3 Å². The SMILES string of the molecule is NS(=O)(=O)c1ccc(CNC(=O)[C@H]2CCCN(S(=O)(=O)c3cc(Cl)ccc3Cl)C2)cc1. The number of amides is 1. The third kappa shape index (κ3) is 5.76. The molecule has 2 aromatic rings. The largest absolute Gasteiger partial charge is 0.352 e. The molecule has 12 heteroatoms. The minimum atomic E-state index is -3.90. The first-order valence-corrected chi connectivity index (χ1v) is 13.1. The zero-order chi connectivity index (χ0) is 22.8.